The van der Waals surface area contributed by atoms with E-state index in [9.17, 15) is 8.78 Å². The standard InChI is InChI=1S/C20H18F2N4O/c21-15-4-5-17-18(7-15)25-20(24-17)12-27-19-11-26(10-16(19)22)9-14-3-1-2-13(6-14)8-23/h1-7,16,19H,9-12H2,(H,24,25)/t16-,19+/m1/s1. The molecule has 3 aromatic rings. The van der Waals surface area contributed by atoms with Gasteiger partial charge in [0, 0.05) is 19.6 Å². The minimum absolute atomic E-state index is 0.138. The fraction of sp³-hybridized carbons (Fsp3) is 0.300. The third-order valence-electron chi connectivity index (χ3n) is 4.66. The first-order valence-electron chi connectivity index (χ1n) is 8.72. The van der Waals surface area contributed by atoms with Crippen molar-refractivity contribution in [2.75, 3.05) is 13.1 Å². The Balaban J connectivity index is 1.36. The molecule has 0 amide bonds. The summed E-state index contributed by atoms with van der Waals surface area (Å²) in [4.78, 5) is 9.30. The Hall–Kier alpha value is -2.82. The van der Waals surface area contributed by atoms with Crippen molar-refractivity contribution in [1.82, 2.24) is 14.9 Å². The van der Waals surface area contributed by atoms with E-state index < -0.39 is 12.3 Å². The van der Waals surface area contributed by atoms with E-state index in [0.717, 1.165) is 5.56 Å². The van der Waals surface area contributed by atoms with Crippen LogP contribution in [0.25, 0.3) is 11.0 Å². The number of benzene rings is 2. The highest BCUT2D eigenvalue weighted by Gasteiger charge is 2.33. The van der Waals surface area contributed by atoms with Gasteiger partial charge >= 0.3 is 0 Å². The van der Waals surface area contributed by atoms with Crippen molar-refractivity contribution in [2.24, 2.45) is 0 Å². The van der Waals surface area contributed by atoms with E-state index in [1.807, 2.05) is 23.1 Å². The second-order valence-electron chi connectivity index (χ2n) is 6.72. The average Bonchev–Trinajstić information content (AvgIpc) is 3.22. The molecule has 1 aliphatic heterocycles. The van der Waals surface area contributed by atoms with Crippen LogP contribution < -0.4 is 0 Å². The first-order chi connectivity index (χ1) is 13.1. The minimum Gasteiger partial charge on any atom is -0.366 e. The maximum atomic E-state index is 14.3. The number of nitrogens with zero attached hydrogens (tertiary/aromatic N) is 3. The third-order valence-corrected chi connectivity index (χ3v) is 4.66. The molecule has 0 unspecified atom stereocenters. The highest BCUT2D eigenvalue weighted by Crippen LogP contribution is 2.21. The van der Waals surface area contributed by atoms with Crippen LogP contribution in [-0.2, 0) is 17.9 Å². The van der Waals surface area contributed by atoms with Crippen molar-refractivity contribution in [3.63, 3.8) is 0 Å². The lowest BCUT2D eigenvalue weighted by atomic mass is 10.1. The lowest BCUT2D eigenvalue weighted by Crippen LogP contribution is -2.24. The number of halogens is 2. The number of ether oxygens (including phenoxy) is 1. The van der Waals surface area contributed by atoms with Crippen molar-refractivity contribution in [3.8, 4) is 6.07 Å². The molecule has 7 heteroatoms. The summed E-state index contributed by atoms with van der Waals surface area (Å²) < 4.78 is 33.3. The van der Waals surface area contributed by atoms with Gasteiger partial charge in [-0.25, -0.2) is 13.8 Å². The second-order valence-corrected chi connectivity index (χ2v) is 6.72. The predicted molar refractivity (Wildman–Crippen MR) is 96.0 cm³/mol. The number of rotatable bonds is 5. The molecule has 0 spiro atoms. The van der Waals surface area contributed by atoms with E-state index in [0.29, 0.717) is 35.5 Å². The first kappa shape index (κ1) is 17.6. The molecule has 1 N–H and O–H groups in total. The number of alkyl halides is 1. The molecule has 0 saturated carbocycles. The lowest BCUT2D eigenvalue weighted by Gasteiger charge is -2.15. The molecule has 0 bridgehead atoms. The van der Waals surface area contributed by atoms with Gasteiger partial charge in [0.15, 0.2) is 0 Å². The van der Waals surface area contributed by atoms with Crippen molar-refractivity contribution in [1.29, 1.82) is 5.26 Å². The molecule has 2 atom stereocenters. The number of likely N-dealkylation sites (tertiary alicyclic amines) is 1. The largest absolute Gasteiger partial charge is 0.366 e. The van der Waals surface area contributed by atoms with Gasteiger partial charge in [-0.05, 0) is 35.9 Å². The van der Waals surface area contributed by atoms with Gasteiger partial charge in [0.2, 0.25) is 0 Å². The van der Waals surface area contributed by atoms with E-state index in [1.165, 1.54) is 12.1 Å². The summed E-state index contributed by atoms with van der Waals surface area (Å²) in [6.07, 6.45) is -1.64. The molecular weight excluding hydrogens is 350 g/mol. The van der Waals surface area contributed by atoms with Crippen molar-refractivity contribution < 1.29 is 13.5 Å². The van der Waals surface area contributed by atoms with E-state index in [2.05, 4.69) is 16.0 Å². The normalized spacial score (nSPS) is 20.2. The predicted octanol–water partition coefficient (Wildman–Crippen LogP) is 3.31. The third kappa shape index (κ3) is 3.97. The van der Waals surface area contributed by atoms with Crippen LogP contribution in [0.5, 0.6) is 0 Å². The number of imidazole rings is 1. The van der Waals surface area contributed by atoms with Gasteiger partial charge in [-0.1, -0.05) is 12.1 Å². The molecule has 1 fully saturated rings. The highest BCUT2D eigenvalue weighted by atomic mass is 19.1. The maximum absolute atomic E-state index is 14.3. The maximum Gasteiger partial charge on any atom is 0.140 e. The topological polar surface area (TPSA) is 64.9 Å². The summed E-state index contributed by atoms with van der Waals surface area (Å²) in [5.74, 6) is 0.206. The molecule has 1 saturated heterocycles. The first-order valence-corrected chi connectivity index (χ1v) is 8.72. The number of fused-ring (bicyclic) bond motifs is 1. The molecule has 5 nitrogen and oxygen atoms in total. The molecule has 0 aliphatic carbocycles. The molecule has 2 aromatic carbocycles. The SMILES string of the molecule is N#Cc1cccc(CN2C[C@@H](F)[C@@H](OCc3nc4ccc(F)cc4[nH]3)C2)c1. The fourth-order valence-electron chi connectivity index (χ4n) is 3.38. The van der Waals surface area contributed by atoms with E-state index in [1.54, 1.807) is 12.1 Å². The highest BCUT2D eigenvalue weighted by molar-refractivity contribution is 5.74. The van der Waals surface area contributed by atoms with Gasteiger partial charge in [-0.2, -0.15) is 5.26 Å². The number of aromatic amines is 1. The number of nitrogens with one attached hydrogen (secondary N) is 1. The van der Waals surface area contributed by atoms with Crippen LogP contribution in [0.15, 0.2) is 42.5 Å². The van der Waals surface area contributed by atoms with Crippen LogP contribution in [0, 0.1) is 17.1 Å². The second kappa shape index (κ2) is 7.43. The Bertz CT molecular complexity index is 997. The minimum atomic E-state index is -1.09. The Morgan fingerprint density at radius 2 is 2.15 bits per heavy atom. The number of H-pyrrole nitrogens is 1. The summed E-state index contributed by atoms with van der Waals surface area (Å²) >= 11 is 0. The quantitative estimate of drug-likeness (QED) is 0.750. The Morgan fingerprint density at radius 3 is 3.00 bits per heavy atom. The number of hydrogen-bond acceptors (Lipinski definition) is 4. The van der Waals surface area contributed by atoms with Gasteiger partial charge in [-0.3, -0.25) is 4.90 Å². The molecular formula is C20H18F2N4O. The monoisotopic (exact) mass is 368 g/mol. The molecule has 2 heterocycles. The van der Waals surface area contributed by atoms with Crippen LogP contribution in [0.1, 0.15) is 17.0 Å². The molecule has 138 valence electrons. The zero-order valence-corrected chi connectivity index (χ0v) is 14.5. The van der Waals surface area contributed by atoms with Crippen molar-refractivity contribution in [3.05, 3.63) is 65.2 Å². The van der Waals surface area contributed by atoms with Crippen LogP contribution >= 0.6 is 0 Å². The molecule has 27 heavy (non-hydrogen) atoms. The van der Waals surface area contributed by atoms with Crippen LogP contribution in [0.4, 0.5) is 8.78 Å². The van der Waals surface area contributed by atoms with Crippen LogP contribution in [0.2, 0.25) is 0 Å². The van der Waals surface area contributed by atoms with Gasteiger partial charge in [0.25, 0.3) is 0 Å². The smallest absolute Gasteiger partial charge is 0.140 e. The Kier molecular flexibility index (Phi) is 4.84. The Labute approximate surface area is 155 Å². The summed E-state index contributed by atoms with van der Waals surface area (Å²) in [6, 6.07) is 13.7. The zero-order valence-electron chi connectivity index (χ0n) is 14.5. The number of hydrogen-bond donors (Lipinski definition) is 1. The lowest BCUT2D eigenvalue weighted by molar-refractivity contribution is 0.00863. The summed E-state index contributed by atoms with van der Waals surface area (Å²) in [5.41, 5.74) is 2.81. The van der Waals surface area contributed by atoms with E-state index in [4.69, 9.17) is 10.00 Å². The molecule has 4 rings (SSSR count). The summed E-state index contributed by atoms with van der Waals surface area (Å²) in [7, 11) is 0. The van der Waals surface area contributed by atoms with Gasteiger partial charge in [-0.15, -0.1) is 0 Å². The molecule has 0 radical (unpaired) electrons. The fourth-order valence-corrected chi connectivity index (χ4v) is 3.38. The Morgan fingerprint density at radius 1 is 1.26 bits per heavy atom. The van der Waals surface area contributed by atoms with E-state index in [-0.39, 0.29) is 19.0 Å². The molecule has 1 aromatic heterocycles. The summed E-state index contributed by atoms with van der Waals surface area (Å²) in [5, 5.41) is 8.98. The van der Waals surface area contributed by atoms with E-state index >= 15 is 0 Å². The summed E-state index contributed by atoms with van der Waals surface area (Å²) in [6.45, 7) is 1.46. The number of nitriles is 1. The zero-order chi connectivity index (χ0) is 18.8. The van der Waals surface area contributed by atoms with Crippen molar-refractivity contribution in [2.45, 2.75) is 25.4 Å². The number of aromatic nitrogens is 2. The van der Waals surface area contributed by atoms with Crippen LogP contribution in [0.3, 0.4) is 0 Å². The van der Waals surface area contributed by atoms with Gasteiger partial charge < -0.3 is 9.72 Å². The average molecular weight is 368 g/mol. The van der Waals surface area contributed by atoms with Gasteiger partial charge in [0.1, 0.15) is 30.5 Å². The van der Waals surface area contributed by atoms with Gasteiger partial charge in [0.05, 0.1) is 22.7 Å². The molecule has 1 aliphatic rings. The van der Waals surface area contributed by atoms with Crippen molar-refractivity contribution >= 4 is 11.0 Å². The van der Waals surface area contributed by atoms with Crippen LogP contribution in [-0.4, -0.2) is 40.2 Å².